The predicted octanol–water partition coefficient (Wildman–Crippen LogP) is 1.03. The average molecular weight is 252 g/mol. The Morgan fingerprint density at radius 2 is 2.18 bits per heavy atom. The summed E-state index contributed by atoms with van der Waals surface area (Å²) < 4.78 is 0. The van der Waals surface area contributed by atoms with E-state index < -0.39 is 6.04 Å². The van der Waals surface area contributed by atoms with Crippen molar-refractivity contribution in [2.24, 2.45) is 0 Å². The van der Waals surface area contributed by atoms with E-state index in [1.807, 2.05) is 17.5 Å². The Hall–Kier alpha value is -1.36. The maximum Gasteiger partial charge on any atom is 0.245 e. The smallest absolute Gasteiger partial charge is 0.245 e. The number of nitrogens with zero attached hydrogens (tertiary/aromatic N) is 1. The number of carbonyl (C=O) groups is 2. The van der Waals surface area contributed by atoms with Gasteiger partial charge in [0.15, 0.2) is 0 Å². The third-order valence-electron chi connectivity index (χ3n) is 3.04. The van der Waals surface area contributed by atoms with Crippen LogP contribution in [0.2, 0.25) is 0 Å². The molecule has 17 heavy (non-hydrogen) atoms. The van der Waals surface area contributed by atoms with Crippen LogP contribution in [0.25, 0.3) is 0 Å². The van der Waals surface area contributed by atoms with Gasteiger partial charge < -0.3 is 10.2 Å². The number of thiophene rings is 1. The van der Waals surface area contributed by atoms with Gasteiger partial charge in [-0.15, -0.1) is 11.3 Å². The summed E-state index contributed by atoms with van der Waals surface area (Å²) >= 11 is 1.68. The van der Waals surface area contributed by atoms with Gasteiger partial charge in [-0.2, -0.15) is 0 Å². The van der Waals surface area contributed by atoms with Gasteiger partial charge in [-0.1, -0.05) is 6.07 Å². The minimum absolute atomic E-state index is 0.00801. The largest absolute Gasteiger partial charge is 0.343 e. The minimum atomic E-state index is -0.401. The van der Waals surface area contributed by atoms with Crippen molar-refractivity contribution >= 4 is 23.2 Å². The molecule has 1 N–H and O–H groups in total. The van der Waals surface area contributed by atoms with Crippen LogP contribution >= 0.6 is 11.3 Å². The number of carbonyl (C=O) groups excluding carboxylic acids is 2. The lowest BCUT2D eigenvalue weighted by Crippen LogP contribution is -2.61. The highest BCUT2D eigenvalue weighted by Crippen LogP contribution is 2.14. The molecule has 2 atom stereocenters. The standard InChI is InChI=1S/C12H16N2O2S/c1-8-12(16)14(9(2)11(15)13-8)6-5-10-4-3-7-17-10/h3-4,7-9H,5-6H2,1-2H3,(H,13,15). The van der Waals surface area contributed by atoms with Crippen molar-refractivity contribution in [3.63, 3.8) is 0 Å². The Morgan fingerprint density at radius 3 is 2.82 bits per heavy atom. The van der Waals surface area contributed by atoms with Crippen molar-refractivity contribution in [1.82, 2.24) is 10.2 Å². The molecule has 0 radical (unpaired) electrons. The van der Waals surface area contributed by atoms with Gasteiger partial charge in [-0.25, -0.2) is 0 Å². The van der Waals surface area contributed by atoms with E-state index in [2.05, 4.69) is 5.32 Å². The molecule has 0 spiro atoms. The molecule has 1 aromatic rings. The number of hydrogen-bond acceptors (Lipinski definition) is 3. The van der Waals surface area contributed by atoms with Gasteiger partial charge in [0.2, 0.25) is 11.8 Å². The molecular formula is C12H16N2O2S. The Bertz CT molecular complexity index is 416. The Balaban J connectivity index is 2.02. The first-order valence-corrected chi connectivity index (χ1v) is 6.61. The summed E-state index contributed by atoms with van der Waals surface area (Å²) in [5.41, 5.74) is 0. The molecular weight excluding hydrogens is 236 g/mol. The maximum atomic E-state index is 12.0. The van der Waals surface area contributed by atoms with Crippen molar-refractivity contribution < 1.29 is 9.59 Å². The van der Waals surface area contributed by atoms with Gasteiger partial charge in [-0.3, -0.25) is 9.59 Å². The highest BCUT2D eigenvalue weighted by Gasteiger charge is 2.35. The Kier molecular flexibility index (Phi) is 3.47. The number of nitrogens with one attached hydrogen (secondary N) is 1. The van der Waals surface area contributed by atoms with E-state index in [0.717, 1.165) is 6.42 Å². The van der Waals surface area contributed by atoms with Crippen LogP contribution in [0.15, 0.2) is 17.5 Å². The van der Waals surface area contributed by atoms with E-state index >= 15 is 0 Å². The van der Waals surface area contributed by atoms with Crippen LogP contribution in [0.3, 0.4) is 0 Å². The second-order valence-electron chi connectivity index (χ2n) is 4.27. The van der Waals surface area contributed by atoms with E-state index in [9.17, 15) is 9.59 Å². The zero-order valence-electron chi connectivity index (χ0n) is 9.97. The summed E-state index contributed by atoms with van der Waals surface area (Å²) in [4.78, 5) is 26.5. The third kappa shape index (κ3) is 2.49. The van der Waals surface area contributed by atoms with E-state index in [4.69, 9.17) is 0 Å². The maximum absolute atomic E-state index is 12.0. The van der Waals surface area contributed by atoms with Crippen LogP contribution in [0.4, 0.5) is 0 Å². The minimum Gasteiger partial charge on any atom is -0.343 e. The SMILES string of the molecule is CC1NC(=O)C(C)N(CCc2cccs2)C1=O. The molecule has 1 aliphatic heterocycles. The fourth-order valence-corrected chi connectivity index (χ4v) is 2.66. The zero-order chi connectivity index (χ0) is 12.4. The second-order valence-corrected chi connectivity index (χ2v) is 5.30. The van der Waals surface area contributed by atoms with Crippen LogP contribution in [-0.2, 0) is 16.0 Å². The number of amides is 2. The predicted molar refractivity (Wildman–Crippen MR) is 66.8 cm³/mol. The lowest BCUT2D eigenvalue weighted by atomic mass is 10.1. The van der Waals surface area contributed by atoms with Gasteiger partial charge in [0.1, 0.15) is 12.1 Å². The van der Waals surface area contributed by atoms with Crippen LogP contribution in [0.5, 0.6) is 0 Å². The molecule has 0 bridgehead atoms. The summed E-state index contributed by atoms with van der Waals surface area (Å²) in [7, 11) is 0. The quantitative estimate of drug-likeness (QED) is 0.873. The van der Waals surface area contributed by atoms with E-state index in [1.165, 1.54) is 4.88 Å². The number of hydrogen-bond donors (Lipinski definition) is 1. The molecule has 2 amide bonds. The molecule has 1 saturated heterocycles. The van der Waals surface area contributed by atoms with Gasteiger partial charge in [0.05, 0.1) is 0 Å². The first-order valence-electron chi connectivity index (χ1n) is 5.73. The molecule has 1 fully saturated rings. The van der Waals surface area contributed by atoms with Gasteiger partial charge in [0.25, 0.3) is 0 Å². The van der Waals surface area contributed by atoms with Crippen molar-refractivity contribution in [1.29, 1.82) is 0 Å². The lowest BCUT2D eigenvalue weighted by Gasteiger charge is -2.36. The summed E-state index contributed by atoms with van der Waals surface area (Å²) in [6.07, 6.45) is 0.813. The fourth-order valence-electron chi connectivity index (χ4n) is 1.97. The summed E-state index contributed by atoms with van der Waals surface area (Å²) in [6, 6.07) is 3.28. The van der Waals surface area contributed by atoms with Crippen LogP contribution < -0.4 is 5.32 Å². The number of piperazine rings is 1. The summed E-state index contributed by atoms with van der Waals surface area (Å²) in [5, 5.41) is 4.69. The Labute approximate surface area is 105 Å². The molecule has 1 aromatic heterocycles. The Morgan fingerprint density at radius 1 is 1.41 bits per heavy atom. The van der Waals surface area contributed by atoms with E-state index in [1.54, 1.807) is 30.1 Å². The highest BCUT2D eigenvalue weighted by molar-refractivity contribution is 7.09. The zero-order valence-corrected chi connectivity index (χ0v) is 10.8. The lowest BCUT2D eigenvalue weighted by molar-refractivity contribution is -0.148. The monoisotopic (exact) mass is 252 g/mol. The van der Waals surface area contributed by atoms with Crippen molar-refractivity contribution in [3.8, 4) is 0 Å². The fraction of sp³-hybridized carbons (Fsp3) is 0.500. The molecule has 1 aliphatic rings. The van der Waals surface area contributed by atoms with Gasteiger partial charge >= 0.3 is 0 Å². The van der Waals surface area contributed by atoms with Gasteiger partial charge in [0, 0.05) is 11.4 Å². The summed E-state index contributed by atoms with van der Waals surface area (Å²) in [6.45, 7) is 4.11. The first kappa shape index (κ1) is 12.1. The summed E-state index contributed by atoms with van der Waals surface area (Å²) in [5.74, 6) is -0.0584. The van der Waals surface area contributed by atoms with Crippen molar-refractivity contribution in [3.05, 3.63) is 22.4 Å². The van der Waals surface area contributed by atoms with Crippen LogP contribution in [0.1, 0.15) is 18.7 Å². The molecule has 0 saturated carbocycles. The average Bonchev–Trinajstić information content (AvgIpc) is 2.79. The third-order valence-corrected chi connectivity index (χ3v) is 3.97. The van der Waals surface area contributed by atoms with Crippen molar-refractivity contribution in [2.75, 3.05) is 6.54 Å². The van der Waals surface area contributed by atoms with E-state index in [0.29, 0.717) is 6.54 Å². The van der Waals surface area contributed by atoms with Crippen molar-refractivity contribution in [2.45, 2.75) is 32.4 Å². The topological polar surface area (TPSA) is 49.4 Å². The van der Waals surface area contributed by atoms with Crippen LogP contribution in [-0.4, -0.2) is 35.3 Å². The van der Waals surface area contributed by atoms with E-state index in [-0.39, 0.29) is 17.9 Å². The molecule has 5 heteroatoms. The molecule has 92 valence electrons. The van der Waals surface area contributed by atoms with Crippen LogP contribution in [0, 0.1) is 0 Å². The molecule has 4 nitrogen and oxygen atoms in total. The first-order chi connectivity index (χ1) is 8.09. The normalized spacial score (nSPS) is 24.9. The molecule has 0 aromatic carbocycles. The second kappa shape index (κ2) is 4.87. The molecule has 2 unspecified atom stereocenters. The molecule has 0 aliphatic carbocycles. The van der Waals surface area contributed by atoms with Gasteiger partial charge in [-0.05, 0) is 31.7 Å². The number of rotatable bonds is 3. The highest BCUT2D eigenvalue weighted by atomic mass is 32.1. The molecule has 2 rings (SSSR count). The molecule has 2 heterocycles.